The first-order chi connectivity index (χ1) is 8.74. The van der Waals surface area contributed by atoms with Gasteiger partial charge in [0.2, 0.25) is 5.91 Å². The van der Waals surface area contributed by atoms with Crippen LogP contribution in [0.15, 0.2) is 29.2 Å². The van der Waals surface area contributed by atoms with Crippen LogP contribution in [-0.2, 0) is 4.79 Å². The van der Waals surface area contributed by atoms with Gasteiger partial charge in [0.25, 0.3) is 0 Å². The van der Waals surface area contributed by atoms with Crippen molar-refractivity contribution in [1.29, 1.82) is 0 Å². The zero-order valence-electron chi connectivity index (χ0n) is 11.1. The van der Waals surface area contributed by atoms with Crippen LogP contribution in [0.5, 0.6) is 0 Å². The first-order valence-corrected chi connectivity index (χ1v) is 7.42. The molecule has 0 aromatic heterocycles. The molecule has 3 nitrogen and oxygen atoms in total. The van der Waals surface area contributed by atoms with E-state index >= 15 is 0 Å². The van der Waals surface area contributed by atoms with Gasteiger partial charge in [-0.1, -0.05) is 17.7 Å². The molecule has 0 radical (unpaired) electrons. The van der Waals surface area contributed by atoms with Crippen molar-refractivity contribution in [2.75, 3.05) is 18.8 Å². The molecule has 1 saturated heterocycles. The molecule has 1 atom stereocenters. The summed E-state index contributed by atoms with van der Waals surface area (Å²) in [4.78, 5) is 12.8. The van der Waals surface area contributed by atoms with Crippen molar-refractivity contribution in [3.05, 3.63) is 29.8 Å². The van der Waals surface area contributed by atoms with Crippen LogP contribution < -0.4 is 10.6 Å². The maximum absolute atomic E-state index is 11.7. The summed E-state index contributed by atoms with van der Waals surface area (Å²) in [6.45, 7) is 3.90. The maximum atomic E-state index is 11.7. The Bertz CT molecular complexity index is 391. The molecule has 1 amide bonds. The lowest BCUT2D eigenvalue weighted by molar-refractivity contribution is -0.118. The van der Waals surface area contributed by atoms with Crippen LogP contribution in [0.3, 0.4) is 0 Å². The van der Waals surface area contributed by atoms with E-state index in [-0.39, 0.29) is 18.3 Å². The zero-order valence-corrected chi connectivity index (χ0v) is 12.8. The number of thioether (sulfide) groups is 1. The summed E-state index contributed by atoms with van der Waals surface area (Å²) in [5.74, 6) is 0.616. The lowest BCUT2D eigenvalue weighted by Crippen LogP contribution is -2.37. The van der Waals surface area contributed by atoms with Crippen molar-refractivity contribution < 1.29 is 4.79 Å². The van der Waals surface area contributed by atoms with E-state index in [2.05, 4.69) is 41.8 Å². The molecule has 1 aliphatic heterocycles. The highest BCUT2D eigenvalue weighted by molar-refractivity contribution is 8.00. The van der Waals surface area contributed by atoms with Crippen molar-refractivity contribution in [2.24, 2.45) is 0 Å². The second-order valence-corrected chi connectivity index (χ2v) is 5.75. The van der Waals surface area contributed by atoms with E-state index < -0.39 is 0 Å². The minimum absolute atomic E-state index is 0. The Balaban J connectivity index is 0.00000180. The topological polar surface area (TPSA) is 41.1 Å². The number of aryl methyl sites for hydroxylation is 1. The molecule has 1 heterocycles. The normalized spacial score (nSPS) is 17.8. The largest absolute Gasteiger partial charge is 0.354 e. The Morgan fingerprint density at radius 3 is 2.79 bits per heavy atom. The van der Waals surface area contributed by atoms with Crippen molar-refractivity contribution in [3.63, 3.8) is 0 Å². The van der Waals surface area contributed by atoms with E-state index in [9.17, 15) is 4.79 Å². The molecule has 0 aliphatic carbocycles. The van der Waals surface area contributed by atoms with Gasteiger partial charge in [0.15, 0.2) is 0 Å². The predicted octanol–water partition coefficient (Wildman–Crippen LogP) is 2.38. The molecule has 1 aliphatic rings. The van der Waals surface area contributed by atoms with Gasteiger partial charge in [-0.15, -0.1) is 24.2 Å². The van der Waals surface area contributed by atoms with Crippen molar-refractivity contribution in [2.45, 2.75) is 30.7 Å². The second kappa shape index (κ2) is 8.46. The Kier molecular flexibility index (Phi) is 7.28. The minimum atomic E-state index is 0. The molecule has 0 saturated carbocycles. The first kappa shape index (κ1) is 16.3. The average Bonchev–Trinajstić information content (AvgIpc) is 2.89. The van der Waals surface area contributed by atoms with Crippen LogP contribution in [0, 0.1) is 6.92 Å². The lowest BCUT2D eigenvalue weighted by Gasteiger charge is -2.11. The monoisotopic (exact) mass is 300 g/mol. The van der Waals surface area contributed by atoms with Crippen LogP contribution in [0.4, 0.5) is 0 Å². The highest BCUT2D eigenvalue weighted by Crippen LogP contribution is 2.17. The van der Waals surface area contributed by atoms with Crippen LogP contribution in [0.2, 0.25) is 0 Å². The molecule has 106 valence electrons. The number of amides is 1. The number of rotatable bonds is 5. The van der Waals surface area contributed by atoms with E-state index in [1.165, 1.54) is 18.4 Å². The summed E-state index contributed by atoms with van der Waals surface area (Å²) in [6, 6.07) is 8.74. The van der Waals surface area contributed by atoms with Crippen molar-refractivity contribution in [3.8, 4) is 0 Å². The fourth-order valence-corrected chi connectivity index (χ4v) is 2.73. The van der Waals surface area contributed by atoms with E-state index in [4.69, 9.17) is 0 Å². The first-order valence-electron chi connectivity index (χ1n) is 6.43. The number of hydrogen-bond acceptors (Lipinski definition) is 3. The molecule has 1 aromatic rings. The van der Waals surface area contributed by atoms with Gasteiger partial charge in [-0.3, -0.25) is 4.79 Å². The van der Waals surface area contributed by atoms with Gasteiger partial charge in [0, 0.05) is 17.5 Å². The zero-order chi connectivity index (χ0) is 12.8. The van der Waals surface area contributed by atoms with Gasteiger partial charge < -0.3 is 10.6 Å². The number of nitrogens with one attached hydrogen (secondary N) is 2. The molecule has 2 N–H and O–H groups in total. The van der Waals surface area contributed by atoms with Crippen LogP contribution >= 0.6 is 24.2 Å². The highest BCUT2D eigenvalue weighted by atomic mass is 35.5. The Morgan fingerprint density at radius 2 is 2.16 bits per heavy atom. The number of halogens is 1. The third-order valence-corrected chi connectivity index (χ3v) is 4.11. The molecule has 1 fully saturated rings. The molecule has 2 rings (SSSR count). The standard InChI is InChI=1S/C14H20N2OS.ClH/c1-11-4-6-13(7-5-11)18-10-14(17)16-9-12-3-2-8-15-12;/h4-7,12,15H,2-3,8-10H2,1H3,(H,16,17);1H. The number of hydrogen-bond donors (Lipinski definition) is 2. The second-order valence-electron chi connectivity index (χ2n) is 4.70. The third kappa shape index (κ3) is 5.85. The number of benzene rings is 1. The third-order valence-electron chi connectivity index (χ3n) is 3.10. The van der Waals surface area contributed by atoms with Crippen molar-refractivity contribution >= 4 is 30.1 Å². The van der Waals surface area contributed by atoms with E-state index in [0.717, 1.165) is 18.0 Å². The highest BCUT2D eigenvalue weighted by Gasteiger charge is 2.14. The minimum Gasteiger partial charge on any atom is -0.354 e. The van der Waals surface area contributed by atoms with Crippen LogP contribution in [0.1, 0.15) is 18.4 Å². The predicted molar refractivity (Wildman–Crippen MR) is 83.2 cm³/mol. The number of carbonyl (C=O) groups is 1. The molecular formula is C14H21ClN2OS. The molecule has 19 heavy (non-hydrogen) atoms. The van der Waals surface area contributed by atoms with Gasteiger partial charge >= 0.3 is 0 Å². The van der Waals surface area contributed by atoms with E-state index in [1.807, 2.05) is 0 Å². The Labute approximate surface area is 125 Å². The van der Waals surface area contributed by atoms with E-state index in [0.29, 0.717) is 11.8 Å². The summed E-state index contributed by atoms with van der Waals surface area (Å²) in [6.07, 6.45) is 2.39. The summed E-state index contributed by atoms with van der Waals surface area (Å²) in [5, 5.41) is 6.35. The molecule has 0 bridgehead atoms. The van der Waals surface area contributed by atoms with Gasteiger partial charge in [-0.25, -0.2) is 0 Å². The summed E-state index contributed by atoms with van der Waals surface area (Å²) in [7, 11) is 0. The Morgan fingerprint density at radius 1 is 1.42 bits per heavy atom. The molecule has 5 heteroatoms. The molecule has 1 unspecified atom stereocenters. The fourth-order valence-electron chi connectivity index (χ4n) is 2.00. The molecule has 1 aromatic carbocycles. The summed E-state index contributed by atoms with van der Waals surface area (Å²) < 4.78 is 0. The van der Waals surface area contributed by atoms with Gasteiger partial charge in [0.1, 0.15) is 0 Å². The van der Waals surface area contributed by atoms with Gasteiger partial charge in [0.05, 0.1) is 5.75 Å². The SMILES string of the molecule is Cc1ccc(SCC(=O)NCC2CCCN2)cc1.Cl. The lowest BCUT2D eigenvalue weighted by atomic mass is 10.2. The quantitative estimate of drug-likeness (QED) is 0.820. The average molecular weight is 301 g/mol. The maximum Gasteiger partial charge on any atom is 0.230 e. The van der Waals surface area contributed by atoms with Crippen LogP contribution in [0.25, 0.3) is 0 Å². The summed E-state index contributed by atoms with van der Waals surface area (Å²) in [5.41, 5.74) is 1.25. The summed E-state index contributed by atoms with van der Waals surface area (Å²) >= 11 is 1.59. The smallest absolute Gasteiger partial charge is 0.230 e. The van der Waals surface area contributed by atoms with Crippen LogP contribution in [-0.4, -0.2) is 30.8 Å². The van der Waals surface area contributed by atoms with E-state index in [1.54, 1.807) is 11.8 Å². The van der Waals surface area contributed by atoms with Gasteiger partial charge in [-0.05, 0) is 38.4 Å². The van der Waals surface area contributed by atoms with Crippen molar-refractivity contribution in [1.82, 2.24) is 10.6 Å². The number of carbonyl (C=O) groups excluding carboxylic acids is 1. The fraction of sp³-hybridized carbons (Fsp3) is 0.500. The molecular weight excluding hydrogens is 280 g/mol. The van der Waals surface area contributed by atoms with Gasteiger partial charge in [-0.2, -0.15) is 0 Å². The Hall–Kier alpha value is -0.710. The molecule has 0 spiro atoms.